The van der Waals surface area contributed by atoms with Crippen molar-refractivity contribution in [2.45, 2.75) is 13.8 Å². The van der Waals surface area contributed by atoms with Gasteiger partial charge in [0.25, 0.3) is 0 Å². The zero-order valence-corrected chi connectivity index (χ0v) is 10.2. The Bertz CT molecular complexity index is 414. The molecule has 0 aliphatic carbocycles. The predicted octanol–water partition coefficient (Wildman–Crippen LogP) is 1.44. The van der Waals surface area contributed by atoms with E-state index in [1.165, 1.54) is 13.1 Å². The van der Waals surface area contributed by atoms with Crippen LogP contribution in [0.25, 0.3) is 0 Å². The smallest absolute Gasteiger partial charge is 0.308 e. The molecule has 0 spiro atoms. The standard InChI is InChI=1S/C12H16N2O3/c1-8(12(16)17)7-14(3)11-5-4-10(6-13-11)9(2)15/h4-6,8H,7H2,1-3H3,(H,16,17). The molecule has 0 radical (unpaired) electrons. The van der Waals surface area contributed by atoms with Crippen molar-refractivity contribution in [3.05, 3.63) is 23.9 Å². The number of nitrogens with zero attached hydrogens (tertiary/aromatic N) is 2. The molecule has 1 atom stereocenters. The van der Waals surface area contributed by atoms with Crippen molar-refractivity contribution in [3.8, 4) is 0 Å². The summed E-state index contributed by atoms with van der Waals surface area (Å²) in [7, 11) is 1.77. The summed E-state index contributed by atoms with van der Waals surface area (Å²) in [6.07, 6.45) is 1.50. The van der Waals surface area contributed by atoms with Crippen LogP contribution in [0.15, 0.2) is 18.3 Å². The summed E-state index contributed by atoms with van der Waals surface area (Å²) in [6.45, 7) is 3.50. The van der Waals surface area contributed by atoms with Crippen molar-refractivity contribution < 1.29 is 14.7 Å². The number of carbonyl (C=O) groups is 2. The van der Waals surface area contributed by atoms with Crippen molar-refractivity contribution in [1.82, 2.24) is 4.98 Å². The molecule has 0 amide bonds. The predicted molar refractivity (Wildman–Crippen MR) is 64.3 cm³/mol. The molecule has 0 saturated carbocycles. The van der Waals surface area contributed by atoms with E-state index in [4.69, 9.17) is 5.11 Å². The van der Waals surface area contributed by atoms with Crippen LogP contribution in [-0.4, -0.2) is 35.4 Å². The highest BCUT2D eigenvalue weighted by Crippen LogP contribution is 2.12. The second-order valence-corrected chi connectivity index (χ2v) is 4.08. The highest BCUT2D eigenvalue weighted by atomic mass is 16.4. The number of anilines is 1. The Hall–Kier alpha value is -1.91. The number of carbonyl (C=O) groups excluding carboxylic acids is 1. The molecule has 1 aromatic rings. The van der Waals surface area contributed by atoms with Gasteiger partial charge in [0.15, 0.2) is 5.78 Å². The maximum atomic E-state index is 11.1. The SMILES string of the molecule is CC(=O)c1ccc(N(C)CC(C)C(=O)O)nc1. The van der Waals surface area contributed by atoms with Gasteiger partial charge in [-0.25, -0.2) is 4.98 Å². The van der Waals surface area contributed by atoms with Crippen LogP contribution in [0.4, 0.5) is 5.82 Å². The average molecular weight is 236 g/mol. The van der Waals surface area contributed by atoms with Gasteiger partial charge in [0.2, 0.25) is 0 Å². The number of aliphatic carboxylic acids is 1. The van der Waals surface area contributed by atoms with Gasteiger partial charge in [-0.15, -0.1) is 0 Å². The lowest BCUT2D eigenvalue weighted by Crippen LogP contribution is -2.28. The average Bonchev–Trinajstić information content (AvgIpc) is 2.28. The molecule has 0 bridgehead atoms. The van der Waals surface area contributed by atoms with E-state index >= 15 is 0 Å². The molecule has 5 nitrogen and oxygen atoms in total. The van der Waals surface area contributed by atoms with Crippen LogP contribution in [-0.2, 0) is 4.79 Å². The van der Waals surface area contributed by atoms with Crippen LogP contribution in [0, 0.1) is 5.92 Å². The van der Waals surface area contributed by atoms with Crippen LogP contribution in [0.2, 0.25) is 0 Å². The van der Waals surface area contributed by atoms with Crippen LogP contribution in [0.3, 0.4) is 0 Å². The van der Waals surface area contributed by atoms with Crippen LogP contribution in [0.1, 0.15) is 24.2 Å². The Morgan fingerprint density at radius 2 is 2.12 bits per heavy atom. The number of pyridine rings is 1. The first-order valence-electron chi connectivity index (χ1n) is 5.32. The van der Waals surface area contributed by atoms with E-state index in [2.05, 4.69) is 4.98 Å². The minimum absolute atomic E-state index is 0.0365. The molecule has 1 heterocycles. The van der Waals surface area contributed by atoms with Crippen LogP contribution in [0.5, 0.6) is 0 Å². The van der Waals surface area contributed by atoms with Crippen molar-refractivity contribution >= 4 is 17.6 Å². The molecule has 1 aromatic heterocycles. The number of carboxylic acid groups (broad SMARTS) is 1. The van der Waals surface area contributed by atoms with Gasteiger partial charge >= 0.3 is 5.97 Å². The van der Waals surface area contributed by atoms with E-state index in [0.29, 0.717) is 17.9 Å². The molecule has 1 unspecified atom stereocenters. The highest BCUT2D eigenvalue weighted by molar-refractivity contribution is 5.93. The number of hydrogen-bond donors (Lipinski definition) is 1. The normalized spacial score (nSPS) is 11.9. The summed E-state index contributed by atoms with van der Waals surface area (Å²) in [6, 6.07) is 3.40. The first-order chi connectivity index (χ1) is 7.91. The molecule has 0 saturated heterocycles. The zero-order valence-electron chi connectivity index (χ0n) is 10.2. The second kappa shape index (κ2) is 5.43. The fraction of sp³-hybridized carbons (Fsp3) is 0.417. The lowest BCUT2D eigenvalue weighted by atomic mass is 10.1. The summed E-state index contributed by atoms with van der Waals surface area (Å²) in [5.74, 6) is -0.680. The molecule has 0 aromatic carbocycles. The third kappa shape index (κ3) is 3.55. The Kier molecular flexibility index (Phi) is 4.20. The number of rotatable bonds is 5. The maximum absolute atomic E-state index is 11.1. The zero-order chi connectivity index (χ0) is 13.0. The Labute approximate surface area is 100 Å². The first-order valence-corrected chi connectivity index (χ1v) is 5.32. The van der Waals surface area contributed by atoms with Gasteiger partial charge in [-0.05, 0) is 19.1 Å². The van der Waals surface area contributed by atoms with Gasteiger partial charge in [-0.3, -0.25) is 9.59 Å². The molecule has 0 fully saturated rings. The quantitative estimate of drug-likeness (QED) is 0.783. The van der Waals surface area contributed by atoms with Gasteiger partial charge in [0, 0.05) is 25.4 Å². The Morgan fingerprint density at radius 1 is 1.47 bits per heavy atom. The molecule has 17 heavy (non-hydrogen) atoms. The summed E-state index contributed by atoms with van der Waals surface area (Å²) in [4.78, 5) is 27.7. The van der Waals surface area contributed by atoms with Crippen LogP contribution < -0.4 is 4.90 Å². The highest BCUT2D eigenvalue weighted by Gasteiger charge is 2.14. The van der Waals surface area contributed by atoms with E-state index in [1.54, 1.807) is 31.0 Å². The fourth-order valence-electron chi connectivity index (χ4n) is 1.40. The summed E-state index contributed by atoms with van der Waals surface area (Å²) in [5, 5.41) is 8.80. The van der Waals surface area contributed by atoms with E-state index < -0.39 is 11.9 Å². The van der Waals surface area contributed by atoms with E-state index in [-0.39, 0.29) is 5.78 Å². The summed E-state index contributed by atoms with van der Waals surface area (Å²) in [5.41, 5.74) is 0.549. The number of Topliss-reactive ketones (excluding diaryl/α,β-unsaturated/α-hetero) is 1. The number of hydrogen-bond acceptors (Lipinski definition) is 4. The van der Waals surface area contributed by atoms with Gasteiger partial charge in [-0.2, -0.15) is 0 Å². The van der Waals surface area contributed by atoms with Gasteiger partial charge in [0.1, 0.15) is 5.82 Å². The van der Waals surface area contributed by atoms with Crippen LogP contribution >= 0.6 is 0 Å². The van der Waals surface area contributed by atoms with E-state index in [1.807, 2.05) is 0 Å². The fourth-order valence-corrected chi connectivity index (χ4v) is 1.40. The number of ketones is 1. The van der Waals surface area contributed by atoms with Crippen molar-refractivity contribution in [1.29, 1.82) is 0 Å². The molecule has 5 heteroatoms. The lowest BCUT2D eigenvalue weighted by Gasteiger charge is -2.20. The molecule has 1 N–H and O–H groups in total. The minimum atomic E-state index is -0.836. The van der Waals surface area contributed by atoms with Crippen molar-refractivity contribution in [2.75, 3.05) is 18.5 Å². The van der Waals surface area contributed by atoms with E-state index in [9.17, 15) is 9.59 Å². The summed E-state index contributed by atoms with van der Waals surface area (Å²) < 4.78 is 0. The largest absolute Gasteiger partial charge is 0.481 e. The Balaban J connectivity index is 2.73. The maximum Gasteiger partial charge on any atom is 0.308 e. The van der Waals surface area contributed by atoms with Gasteiger partial charge < -0.3 is 10.0 Å². The van der Waals surface area contributed by atoms with Crippen molar-refractivity contribution in [3.63, 3.8) is 0 Å². The van der Waals surface area contributed by atoms with E-state index in [0.717, 1.165) is 0 Å². The molecule has 0 aliphatic heterocycles. The Morgan fingerprint density at radius 3 is 2.53 bits per heavy atom. The first kappa shape index (κ1) is 13.2. The molecule has 1 rings (SSSR count). The van der Waals surface area contributed by atoms with Crippen molar-refractivity contribution in [2.24, 2.45) is 5.92 Å². The lowest BCUT2D eigenvalue weighted by molar-refractivity contribution is -0.140. The van der Waals surface area contributed by atoms with Gasteiger partial charge in [-0.1, -0.05) is 6.92 Å². The molecular weight excluding hydrogens is 220 g/mol. The number of aromatic nitrogens is 1. The summed E-state index contributed by atoms with van der Waals surface area (Å²) >= 11 is 0. The monoisotopic (exact) mass is 236 g/mol. The minimum Gasteiger partial charge on any atom is -0.481 e. The molecular formula is C12H16N2O3. The molecule has 0 aliphatic rings. The second-order valence-electron chi connectivity index (χ2n) is 4.08. The molecule has 92 valence electrons. The van der Waals surface area contributed by atoms with Gasteiger partial charge in [0.05, 0.1) is 5.92 Å². The third-order valence-corrected chi connectivity index (χ3v) is 2.51. The topological polar surface area (TPSA) is 70.5 Å². The third-order valence-electron chi connectivity index (χ3n) is 2.51. The number of carboxylic acids is 1.